The molecule has 0 aliphatic carbocycles. The predicted octanol–water partition coefficient (Wildman–Crippen LogP) is 2.91. The normalized spacial score (nSPS) is 16.1. The highest BCUT2D eigenvalue weighted by molar-refractivity contribution is 7.99. The second-order valence-electron chi connectivity index (χ2n) is 6.08. The van der Waals surface area contributed by atoms with E-state index in [4.69, 9.17) is 5.73 Å². The fourth-order valence-corrected chi connectivity index (χ4v) is 4.57. The van der Waals surface area contributed by atoms with Crippen LogP contribution >= 0.6 is 11.8 Å². The number of fused-ring (bicyclic) bond motifs is 2. The van der Waals surface area contributed by atoms with E-state index in [1.165, 1.54) is 22.4 Å². The van der Waals surface area contributed by atoms with Crippen LogP contribution in [-0.2, 0) is 11.2 Å². The Morgan fingerprint density at radius 1 is 1.20 bits per heavy atom. The second-order valence-corrected chi connectivity index (χ2v) is 7.09. The van der Waals surface area contributed by atoms with Crippen molar-refractivity contribution in [2.75, 3.05) is 11.5 Å². The van der Waals surface area contributed by atoms with Crippen LogP contribution in [0.2, 0.25) is 0 Å². The summed E-state index contributed by atoms with van der Waals surface area (Å²) in [5.74, 6) is -0.679. The SMILES string of the molecule is Nc1c(Cc2cccc3ccccc23)cc(=O)n2c1SC[C@H]2C(=O)O. The number of aliphatic carboxylic acids is 1. The maximum Gasteiger partial charge on any atom is 0.327 e. The minimum atomic E-state index is -1.01. The van der Waals surface area contributed by atoms with Crippen molar-refractivity contribution in [1.29, 1.82) is 0 Å². The van der Waals surface area contributed by atoms with E-state index in [1.54, 1.807) is 0 Å². The van der Waals surface area contributed by atoms with Gasteiger partial charge in [-0.1, -0.05) is 42.5 Å². The lowest BCUT2D eigenvalue weighted by molar-refractivity contribution is -0.140. The van der Waals surface area contributed by atoms with E-state index in [9.17, 15) is 14.7 Å². The van der Waals surface area contributed by atoms with Crippen molar-refractivity contribution < 1.29 is 9.90 Å². The number of pyridine rings is 1. The molecule has 0 unspecified atom stereocenters. The number of carboxylic acid groups (broad SMARTS) is 1. The summed E-state index contributed by atoms with van der Waals surface area (Å²) in [5.41, 5.74) is 8.31. The molecule has 1 aromatic heterocycles. The zero-order chi connectivity index (χ0) is 17.6. The fraction of sp³-hybridized carbons (Fsp3) is 0.158. The number of aromatic nitrogens is 1. The Morgan fingerprint density at radius 3 is 2.76 bits per heavy atom. The maximum atomic E-state index is 12.5. The van der Waals surface area contributed by atoms with E-state index >= 15 is 0 Å². The van der Waals surface area contributed by atoms with Gasteiger partial charge in [0.2, 0.25) is 0 Å². The molecule has 0 fully saturated rings. The fourth-order valence-electron chi connectivity index (χ4n) is 3.32. The molecule has 4 rings (SSSR count). The topological polar surface area (TPSA) is 85.3 Å². The molecule has 3 aromatic rings. The first kappa shape index (κ1) is 15.8. The molecule has 0 saturated carbocycles. The molecule has 126 valence electrons. The monoisotopic (exact) mass is 352 g/mol. The van der Waals surface area contributed by atoms with Gasteiger partial charge in [0.05, 0.1) is 5.69 Å². The third-order valence-electron chi connectivity index (χ3n) is 4.57. The lowest BCUT2D eigenvalue weighted by Crippen LogP contribution is -2.29. The lowest BCUT2D eigenvalue weighted by Gasteiger charge is -2.14. The molecular formula is C19H16N2O3S. The summed E-state index contributed by atoms with van der Waals surface area (Å²) < 4.78 is 1.30. The van der Waals surface area contributed by atoms with Crippen LogP contribution in [0.5, 0.6) is 0 Å². The first-order chi connectivity index (χ1) is 12.1. The third kappa shape index (κ3) is 2.59. The number of carbonyl (C=O) groups is 1. The summed E-state index contributed by atoms with van der Waals surface area (Å²) in [6, 6.07) is 14.8. The van der Waals surface area contributed by atoms with Gasteiger partial charge in [-0.3, -0.25) is 9.36 Å². The largest absolute Gasteiger partial charge is 0.480 e. The Hall–Kier alpha value is -2.73. The molecule has 2 heterocycles. The number of thioether (sulfide) groups is 1. The highest BCUT2D eigenvalue weighted by Gasteiger charge is 2.32. The van der Waals surface area contributed by atoms with E-state index in [2.05, 4.69) is 6.07 Å². The highest BCUT2D eigenvalue weighted by Crippen LogP contribution is 2.37. The molecule has 3 N–H and O–H groups in total. The Morgan fingerprint density at radius 2 is 1.96 bits per heavy atom. The van der Waals surface area contributed by atoms with E-state index in [1.807, 2.05) is 36.4 Å². The highest BCUT2D eigenvalue weighted by atomic mass is 32.2. The van der Waals surface area contributed by atoms with Gasteiger partial charge in [0.25, 0.3) is 5.56 Å². The smallest absolute Gasteiger partial charge is 0.327 e. The van der Waals surface area contributed by atoms with Gasteiger partial charge in [-0.15, -0.1) is 11.8 Å². The summed E-state index contributed by atoms with van der Waals surface area (Å²) in [6.07, 6.45) is 0.536. The predicted molar refractivity (Wildman–Crippen MR) is 99.3 cm³/mol. The molecule has 2 aromatic carbocycles. The minimum absolute atomic E-state index is 0.308. The number of hydrogen-bond donors (Lipinski definition) is 2. The number of hydrogen-bond acceptors (Lipinski definition) is 4. The van der Waals surface area contributed by atoms with Crippen LogP contribution in [0.25, 0.3) is 10.8 Å². The average Bonchev–Trinajstić information content (AvgIpc) is 3.06. The molecule has 0 saturated heterocycles. The van der Waals surface area contributed by atoms with Gasteiger partial charge in [0.15, 0.2) is 0 Å². The van der Waals surface area contributed by atoms with Crippen LogP contribution < -0.4 is 11.3 Å². The van der Waals surface area contributed by atoms with E-state index in [0.717, 1.165) is 21.9 Å². The van der Waals surface area contributed by atoms with Crippen molar-refractivity contribution >= 4 is 34.2 Å². The van der Waals surface area contributed by atoms with Crippen LogP contribution in [0.15, 0.2) is 58.4 Å². The molecule has 5 nitrogen and oxygen atoms in total. The van der Waals surface area contributed by atoms with Crippen molar-refractivity contribution in [3.63, 3.8) is 0 Å². The Balaban J connectivity index is 1.81. The first-order valence-electron chi connectivity index (χ1n) is 7.92. The zero-order valence-corrected chi connectivity index (χ0v) is 14.1. The third-order valence-corrected chi connectivity index (χ3v) is 5.74. The summed E-state index contributed by atoms with van der Waals surface area (Å²) in [7, 11) is 0. The van der Waals surface area contributed by atoms with Crippen molar-refractivity contribution in [2.45, 2.75) is 17.5 Å². The molecule has 0 amide bonds. The number of nitrogens with two attached hydrogens (primary N) is 1. The Bertz CT molecular complexity index is 1050. The van der Waals surface area contributed by atoms with Crippen LogP contribution in [0.1, 0.15) is 17.2 Å². The van der Waals surface area contributed by atoms with Crippen molar-refractivity contribution in [3.05, 3.63) is 70.0 Å². The number of nitrogens with zero attached hydrogens (tertiary/aromatic N) is 1. The molecule has 25 heavy (non-hydrogen) atoms. The van der Waals surface area contributed by atoms with Gasteiger partial charge in [0.1, 0.15) is 11.1 Å². The standard InChI is InChI=1S/C19H16N2O3S/c20-17-13(8-12-6-3-5-11-4-1-2-7-14(11)12)9-16(22)21-15(19(23)24)10-25-18(17)21/h1-7,9,15H,8,10,20H2,(H,23,24)/t15-/m0/s1. The lowest BCUT2D eigenvalue weighted by atomic mass is 9.98. The summed E-state index contributed by atoms with van der Waals surface area (Å²) in [6.45, 7) is 0. The summed E-state index contributed by atoms with van der Waals surface area (Å²) in [5, 5.41) is 12.1. The Kier molecular flexibility index (Phi) is 3.77. The van der Waals surface area contributed by atoms with Crippen molar-refractivity contribution in [2.24, 2.45) is 0 Å². The van der Waals surface area contributed by atoms with E-state index in [0.29, 0.717) is 22.9 Å². The molecule has 1 atom stereocenters. The van der Waals surface area contributed by atoms with E-state index < -0.39 is 12.0 Å². The molecule has 1 aliphatic rings. The number of rotatable bonds is 3. The van der Waals surface area contributed by atoms with Gasteiger partial charge in [-0.25, -0.2) is 4.79 Å². The molecule has 0 spiro atoms. The number of carboxylic acids is 1. The van der Waals surface area contributed by atoms with Gasteiger partial charge < -0.3 is 10.8 Å². The Labute approximate surface area is 148 Å². The molecule has 0 radical (unpaired) electrons. The van der Waals surface area contributed by atoms with Gasteiger partial charge in [-0.05, 0) is 21.9 Å². The quantitative estimate of drug-likeness (QED) is 0.757. The number of anilines is 1. The molecule has 0 bridgehead atoms. The minimum Gasteiger partial charge on any atom is -0.480 e. The van der Waals surface area contributed by atoms with Gasteiger partial charge >= 0.3 is 5.97 Å². The second kappa shape index (κ2) is 5.97. The summed E-state index contributed by atoms with van der Waals surface area (Å²) in [4.78, 5) is 23.8. The van der Waals surface area contributed by atoms with Crippen LogP contribution in [0.3, 0.4) is 0 Å². The summed E-state index contributed by atoms with van der Waals surface area (Å²) >= 11 is 1.33. The van der Waals surface area contributed by atoms with E-state index in [-0.39, 0.29) is 5.56 Å². The van der Waals surface area contributed by atoms with Gasteiger partial charge in [-0.2, -0.15) is 0 Å². The van der Waals surface area contributed by atoms with Gasteiger partial charge in [0, 0.05) is 18.2 Å². The number of nitrogen functional groups attached to an aromatic ring is 1. The van der Waals surface area contributed by atoms with Crippen molar-refractivity contribution in [1.82, 2.24) is 4.57 Å². The van der Waals surface area contributed by atoms with Crippen LogP contribution in [-0.4, -0.2) is 21.4 Å². The van der Waals surface area contributed by atoms with Crippen LogP contribution in [0.4, 0.5) is 5.69 Å². The average molecular weight is 352 g/mol. The molecule has 6 heteroatoms. The van der Waals surface area contributed by atoms with Crippen LogP contribution in [0, 0.1) is 0 Å². The number of benzene rings is 2. The first-order valence-corrected chi connectivity index (χ1v) is 8.91. The van der Waals surface area contributed by atoms with Crippen molar-refractivity contribution in [3.8, 4) is 0 Å². The zero-order valence-electron chi connectivity index (χ0n) is 13.3. The maximum absolute atomic E-state index is 12.5. The molecular weight excluding hydrogens is 336 g/mol. The molecule has 1 aliphatic heterocycles.